The lowest BCUT2D eigenvalue weighted by Crippen LogP contribution is -2.10. The van der Waals surface area contributed by atoms with E-state index in [0.29, 0.717) is 17.6 Å². The number of carboxylic acids is 1. The van der Waals surface area contributed by atoms with Crippen LogP contribution in [0.25, 0.3) is 0 Å². The smallest absolute Gasteiger partial charge is 0.337 e. The zero-order valence-corrected chi connectivity index (χ0v) is 9.23. The number of anilines is 2. The molecule has 86 valence electrons. The highest BCUT2D eigenvalue weighted by atomic mass is 16.4. The number of carboxylic acid groups (broad SMARTS) is 1. The second-order valence-electron chi connectivity index (χ2n) is 4.23. The fraction of sp³-hybridized carbons (Fsp3) is 0.417. The van der Waals surface area contributed by atoms with Gasteiger partial charge in [-0.25, -0.2) is 4.79 Å². The van der Waals surface area contributed by atoms with Gasteiger partial charge in [0.05, 0.1) is 16.9 Å². The number of nitrogens with two attached hydrogens (primary N) is 1. The van der Waals surface area contributed by atoms with Gasteiger partial charge in [0, 0.05) is 6.04 Å². The van der Waals surface area contributed by atoms with Gasteiger partial charge in [-0.15, -0.1) is 0 Å². The Morgan fingerprint density at radius 2 is 2.38 bits per heavy atom. The summed E-state index contributed by atoms with van der Waals surface area (Å²) in [7, 11) is 0. The van der Waals surface area contributed by atoms with Crippen LogP contribution in [0.3, 0.4) is 0 Å². The molecule has 0 spiro atoms. The van der Waals surface area contributed by atoms with Gasteiger partial charge < -0.3 is 16.2 Å². The molecule has 0 radical (unpaired) electrons. The van der Waals surface area contributed by atoms with E-state index in [2.05, 4.69) is 12.2 Å². The first-order valence-corrected chi connectivity index (χ1v) is 5.51. The molecule has 1 aromatic carbocycles. The normalized spacial score (nSPS) is 22.8. The van der Waals surface area contributed by atoms with Gasteiger partial charge >= 0.3 is 5.97 Å². The molecule has 4 N–H and O–H groups in total. The topological polar surface area (TPSA) is 75.3 Å². The summed E-state index contributed by atoms with van der Waals surface area (Å²) in [5, 5.41) is 12.2. The van der Waals surface area contributed by atoms with Crippen molar-refractivity contribution in [3.05, 3.63) is 23.8 Å². The predicted octanol–water partition coefficient (Wildman–Crippen LogP) is 2.18. The van der Waals surface area contributed by atoms with Crippen molar-refractivity contribution in [1.29, 1.82) is 0 Å². The van der Waals surface area contributed by atoms with Crippen LogP contribution in [-0.4, -0.2) is 17.1 Å². The standard InChI is InChI=1S/C12H16N2O2/c1-2-7-6-10(7)14-9-5-3-4-8(11(9)13)12(15)16/h3-5,7,10,14H,2,6,13H2,1H3,(H,15,16). The van der Waals surface area contributed by atoms with Gasteiger partial charge in [-0.05, 0) is 24.5 Å². The van der Waals surface area contributed by atoms with Gasteiger partial charge in [0.1, 0.15) is 0 Å². The number of hydrogen-bond donors (Lipinski definition) is 3. The van der Waals surface area contributed by atoms with Crippen LogP contribution >= 0.6 is 0 Å². The van der Waals surface area contributed by atoms with Crippen LogP contribution in [0.1, 0.15) is 30.1 Å². The first-order valence-electron chi connectivity index (χ1n) is 5.51. The van der Waals surface area contributed by atoms with E-state index in [1.807, 2.05) is 6.07 Å². The fourth-order valence-corrected chi connectivity index (χ4v) is 1.95. The monoisotopic (exact) mass is 220 g/mol. The maximum Gasteiger partial charge on any atom is 0.337 e. The van der Waals surface area contributed by atoms with E-state index in [1.165, 1.54) is 6.07 Å². The molecule has 0 bridgehead atoms. The van der Waals surface area contributed by atoms with E-state index in [9.17, 15) is 4.79 Å². The molecular weight excluding hydrogens is 204 g/mol. The molecule has 1 aliphatic carbocycles. The number of para-hydroxylation sites is 1. The number of nitrogen functional groups attached to an aromatic ring is 1. The van der Waals surface area contributed by atoms with E-state index in [-0.39, 0.29) is 5.56 Å². The summed E-state index contributed by atoms with van der Waals surface area (Å²) >= 11 is 0. The molecule has 0 heterocycles. The molecule has 0 aliphatic heterocycles. The number of aromatic carboxylic acids is 1. The quantitative estimate of drug-likeness (QED) is 0.680. The molecule has 2 unspecified atom stereocenters. The van der Waals surface area contributed by atoms with Crippen LogP contribution in [0.5, 0.6) is 0 Å². The van der Waals surface area contributed by atoms with Crippen molar-refractivity contribution in [2.75, 3.05) is 11.1 Å². The molecule has 0 saturated heterocycles. The summed E-state index contributed by atoms with van der Waals surface area (Å²) in [4.78, 5) is 10.9. The van der Waals surface area contributed by atoms with Crippen LogP contribution in [-0.2, 0) is 0 Å². The largest absolute Gasteiger partial charge is 0.478 e. The first kappa shape index (κ1) is 10.8. The zero-order chi connectivity index (χ0) is 11.7. The Morgan fingerprint density at radius 3 is 2.94 bits per heavy atom. The van der Waals surface area contributed by atoms with Crippen LogP contribution in [0.2, 0.25) is 0 Å². The number of carbonyl (C=O) groups is 1. The average Bonchev–Trinajstić information content (AvgIpc) is 2.99. The average molecular weight is 220 g/mol. The van der Waals surface area contributed by atoms with E-state index in [4.69, 9.17) is 10.8 Å². The lowest BCUT2D eigenvalue weighted by Gasteiger charge is -2.10. The molecule has 4 heteroatoms. The molecule has 0 aromatic heterocycles. The summed E-state index contributed by atoms with van der Waals surface area (Å²) in [5.41, 5.74) is 7.04. The number of nitrogens with one attached hydrogen (secondary N) is 1. The molecule has 1 saturated carbocycles. The van der Waals surface area contributed by atoms with Crippen molar-refractivity contribution < 1.29 is 9.90 Å². The second-order valence-corrected chi connectivity index (χ2v) is 4.23. The molecule has 0 amide bonds. The third-order valence-corrected chi connectivity index (χ3v) is 3.12. The van der Waals surface area contributed by atoms with Gasteiger partial charge in [0.2, 0.25) is 0 Å². The highest BCUT2D eigenvalue weighted by molar-refractivity contribution is 5.97. The van der Waals surface area contributed by atoms with E-state index >= 15 is 0 Å². The predicted molar refractivity (Wildman–Crippen MR) is 63.6 cm³/mol. The van der Waals surface area contributed by atoms with Gasteiger partial charge in [-0.2, -0.15) is 0 Å². The van der Waals surface area contributed by atoms with E-state index in [0.717, 1.165) is 18.5 Å². The van der Waals surface area contributed by atoms with Gasteiger partial charge in [0.25, 0.3) is 0 Å². The third kappa shape index (κ3) is 1.96. The van der Waals surface area contributed by atoms with Crippen molar-refractivity contribution in [2.24, 2.45) is 5.92 Å². The van der Waals surface area contributed by atoms with Crippen LogP contribution in [0.4, 0.5) is 11.4 Å². The first-order chi connectivity index (χ1) is 7.63. The summed E-state index contributed by atoms with van der Waals surface area (Å²) in [5.74, 6) is -0.281. The molecule has 2 atom stereocenters. The lowest BCUT2D eigenvalue weighted by atomic mass is 10.1. The minimum absolute atomic E-state index is 0.165. The molecule has 1 aliphatic rings. The lowest BCUT2D eigenvalue weighted by molar-refractivity contribution is 0.0698. The SMILES string of the molecule is CCC1CC1Nc1cccc(C(=O)O)c1N. The van der Waals surface area contributed by atoms with Gasteiger partial charge in [-0.1, -0.05) is 19.4 Å². The Bertz CT molecular complexity index is 417. The summed E-state index contributed by atoms with van der Waals surface area (Å²) in [6.07, 6.45) is 2.30. The van der Waals surface area contributed by atoms with E-state index in [1.54, 1.807) is 6.07 Å². The number of hydrogen-bond acceptors (Lipinski definition) is 3. The van der Waals surface area contributed by atoms with Crippen molar-refractivity contribution in [1.82, 2.24) is 0 Å². The summed E-state index contributed by atoms with van der Waals surface area (Å²) < 4.78 is 0. The van der Waals surface area contributed by atoms with Gasteiger partial charge in [-0.3, -0.25) is 0 Å². The Morgan fingerprint density at radius 1 is 1.62 bits per heavy atom. The maximum absolute atomic E-state index is 10.9. The molecule has 4 nitrogen and oxygen atoms in total. The molecular formula is C12H16N2O2. The number of rotatable bonds is 4. The Balaban J connectivity index is 2.16. The van der Waals surface area contributed by atoms with Crippen molar-refractivity contribution >= 4 is 17.3 Å². The van der Waals surface area contributed by atoms with Crippen LogP contribution in [0, 0.1) is 5.92 Å². The van der Waals surface area contributed by atoms with Crippen LogP contribution < -0.4 is 11.1 Å². The Kier molecular flexibility index (Phi) is 2.73. The summed E-state index contributed by atoms with van der Waals surface area (Å²) in [6, 6.07) is 5.52. The maximum atomic E-state index is 10.9. The van der Waals surface area contributed by atoms with E-state index < -0.39 is 5.97 Å². The van der Waals surface area contributed by atoms with Crippen LogP contribution in [0.15, 0.2) is 18.2 Å². The highest BCUT2D eigenvalue weighted by Crippen LogP contribution is 2.37. The van der Waals surface area contributed by atoms with Crippen molar-refractivity contribution in [3.63, 3.8) is 0 Å². The molecule has 2 rings (SSSR count). The Hall–Kier alpha value is -1.71. The minimum Gasteiger partial charge on any atom is -0.478 e. The summed E-state index contributed by atoms with van der Waals surface area (Å²) in [6.45, 7) is 2.16. The highest BCUT2D eigenvalue weighted by Gasteiger charge is 2.35. The zero-order valence-electron chi connectivity index (χ0n) is 9.23. The van der Waals surface area contributed by atoms with Crippen molar-refractivity contribution in [2.45, 2.75) is 25.8 Å². The number of benzene rings is 1. The Labute approximate surface area is 94.5 Å². The third-order valence-electron chi connectivity index (χ3n) is 3.12. The fourth-order valence-electron chi connectivity index (χ4n) is 1.95. The minimum atomic E-state index is -0.982. The molecule has 1 fully saturated rings. The van der Waals surface area contributed by atoms with Gasteiger partial charge in [0.15, 0.2) is 0 Å². The second kappa shape index (κ2) is 4.04. The molecule has 16 heavy (non-hydrogen) atoms. The molecule has 1 aromatic rings. The van der Waals surface area contributed by atoms with Crippen molar-refractivity contribution in [3.8, 4) is 0 Å².